The van der Waals surface area contributed by atoms with E-state index in [1.807, 2.05) is 6.07 Å². The first kappa shape index (κ1) is 20.9. The fraction of sp³-hybridized carbons (Fsp3) is 0.611. The molecule has 3 N–H and O–H groups in total. The lowest BCUT2D eigenvalue weighted by Gasteiger charge is -2.31. The van der Waals surface area contributed by atoms with Crippen molar-refractivity contribution in [3.05, 3.63) is 35.9 Å². The Morgan fingerprint density at radius 2 is 1.96 bits per heavy atom. The molecule has 1 fully saturated rings. The van der Waals surface area contributed by atoms with Crippen LogP contribution in [0.25, 0.3) is 0 Å². The first-order valence-electron chi connectivity index (χ1n) is 8.61. The van der Waals surface area contributed by atoms with Gasteiger partial charge >= 0.3 is 0 Å². The molecule has 0 radical (unpaired) electrons. The normalized spacial score (nSPS) is 16.0. The van der Waals surface area contributed by atoms with Gasteiger partial charge in [0.25, 0.3) is 0 Å². The van der Waals surface area contributed by atoms with Gasteiger partial charge in [0.2, 0.25) is 5.91 Å². The number of rotatable bonds is 8. The summed E-state index contributed by atoms with van der Waals surface area (Å²) in [5.74, 6) is 0.383. The van der Waals surface area contributed by atoms with Crippen LogP contribution in [0.1, 0.15) is 18.4 Å². The van der Waals surface area contributed by atoms with Crippen molar-refractivity contribution in [2.24, 2.45) is 11.7 Å². The molecular weight excluding hydrogens is 324 g/mol. The molecule has 0 unspecified atom stereocenters. The molecule has 24 heavy (non-hydrogen) atoms. The minimum Gasteiger partial charge on any atom is -0.355 e. The number of piperidine rings is 1. The highest BCUT2D eigenvalue weighted by Crippen LogP contribution is 2.16. The van der Waals surface area contributed by atoms with Gasteiger partial charge in [-0.15, -0.1) is 12.4 Å². The molecule has 6 heteroatoms. The maximum absolute atomic E-state index is 12.2. The molecule has 1 aliphatic heterocycles. The summed E-state index contributed by atoms with van der Waals surface area (Å²) in [6, 6.07) is 10.4. The van der Waals surface area contributed by atoms with Crippen LogP contribution in [0.5, 0.6) is 0 Å². The van der Waals surface area contributed by atoms with Gasteiger partial charge in [0.1, 0.15) is 0 Å². The van der Waals surface area contributed by atoms with Crippen molar-refractivity contribution in [2.75, 3.05) is 46.3 Å². The third kappa shape index (κ3) is 7.18. The van der Waals surface area contributed by atoms with Crippen LogP contribution in [0.3, 0.4) is 0 Å². The number of amides is 1. The lowest BCUT2D eigenvalue weighted by atomic mass is 9.96. The summed E-state index contributed by atoms with van der Waals surface area (Å²) in [5.41, 5.74) is 6.88. The summed E-state index contributed by atoms with van der Waals surface area (Å²) in [5, 5.41) is 3.09. The van der Waals surface area contributed by atoms with Crippen LogP contribution in [0.4, 0.5) is 0 Å². The lowest BCUT2D eigenvalue weighted by Crippen LogP contribution is -2.43. The first-order valence-corrected chi connectivity index (χ1v) is 8.61. The van der Waals surface area contributed by atoms with Gasteiger partial charge in [-0.25, -0.2) is 0 Å². The second-order valence-corrected chi connectivity index (χ2v) is 6.42. The molecular formula is C18H31ClN4O. The number of hydrogen-bond acceptors (Lipinski definition) is 4. The molecule has 1 saturated heterocycles. The van der Waals surface area contributed by atoms with Crippen LogP contribution in [0, 0.1) is 5.92 Å². The molecule has 1 aliphatic rings. The highest BCUT2D eigenvalue weighted by atomic mass is 35.5. The molecule has 0 bridgehead atoms. The van der Waals surface area contributed by atoms with Crippen molar-refractivity contribution in [1.29, 1.82) is 0 Å². The average Bonchev–Trinajstić information content (AvgIpc) is 2.56. The van der Waals surface area contributed by atoms with Crippen molar-refractivity contribution in [2.45, 2.75) is 19.4 Å². The van der Waals surface area contributed by atoms with E-state index < -0.39 is 0 Å². The Kier molecular flexibility index (Phi) is 9.95. The first-order chi connectivity index (χ1) is 11.2. The number of nitrogens with two attached hydrogens (primary N) is 1. The fourth-order valence-electron chi connectivity index (χ4n) is 3.09. The third-order valence-corrected chi connectivity index (χ3v) is 4.49. The number of nitrogens with one attached hydrogen (secondary N) is 1. The maximum atomic E-state index is 12.2. The van der Waals surface area contributed by atoms with Crippen molar-refractivity contribution in [3.63, 3.8) is 0 Å². The van der Waals surface area contributed by atoms with Gasteiger partial charge in [0.05, 0.1) is 0 Å². The largest absolute Gasteiger partial charge is 0.355 e. The van der Waals surface area contributed by atoms with E-state index >= 15 is 0 Å². The Morgan fingerprint density at radius 1 is 1.29 bits per heavy atom. The second-order valence-electron chi connectivity index (χ2n) is 6.42. The summed E-state index contributed by atoms with van der Waals surface area (Å²) in [7, 11) is 2.09. The molecule has 2 rings (SSSR count). The van der Waals surface area contributed by atoms with Crippen LogP contribution < -0.4 is 11.1 Å². The van der Waals surface area contributed by atoms with Crippen molar-refractivity contribution in [3.8, 4) is 0 Å². The summed E-state index contributed by atoms with van der Waals surface area (Å²) in [6.45, 7) is 6.11. The Labute approximate surface area is 152 Å². The van der Waals surface area contributed by atoms with Crippen LogP contribution in [0.2, 0.25) is 0 Å². The van der Waals surface area contributed by atoms with Gasteiger partial charge in [-0.05, 0) is 38.5 Å². The number of hydrogen-bond donors (Lipinski definition) is 2. The Morgan fingerprint density at radius 3 is 2.58 bits per heavy atom. The summed E-state index contributed by atoms with van der Waals surface area (Å²) in [4.78, 5) is 16.8. The number of likely N-dealkylation sites (N-methyl/N-ethyl adjacent to an activating group) is 1. The van der Waals surface area contributed by atoms with E-state index in [2.05, 4.69) is 46.4 Å². The molecule has 1 amide bonds. The molecule has 0 saturated carbocycles. The van der Waals surface area contributed by atoms with Crippen LogP contribution in [-0.4, -0.2) is 62.0 Å². The van der Waals surface area contributed by atoms with Crippen LogP contribution in [0.15, 0.2) is 30.3 Å². The van der Waals surface area contributed by atoms with E-state index in [1.54, 1.807) is 0 Å². The van der Waals surface area contributed by atoms with Crippen LogP contribution >= 0.6 is 12.4 Å². The van der Waals surface area contributed by atoms with Gasteiger partial charge < -0.3 is 20.9 Å². The minimum atomic E-state index is 0. The molecule has 5 nitrogen and oxygen atoms in total. The highest BCUT2D eigenvalue weighted by molar-refractivity contribution is 5.85. The molecule has 0 spiro atoms. The number of nitrogens with zero attached hydrogens (tertiary/aromatic N) is 2. The smallest absolute Gasteiger partial charge is 0.223 e. The number of halogens is 1. The van der Waals surface area contributed by atoms with Crippen molar-refractivity contribution in [1.82, 2.24) is 15.1 Å². The molecule has 1 heterocycles. The zero-order valence-corrected chi connectivity index (χ0v) is 15.4. The van der Waals surface area contributed by atoms with E-state index in [1.165, 1.54) is 5.56 Å². The Bertz CT molecular complexity index is 463. The standard InChI is InChI=1S/C18H30N4O.ClH/c1-21(15-16-5-3-2-4-6-16)14-10-20-18(23)17-7-11-22(12-8-17)13-9-19;/h2-6,17H,7-15,19H2,1H3,(H,20,23);1H. The van der Waals surface area contributed by atoms with E-state index in [0.717, 1.165) is 45.6 Å². The Balaban J connectivity index is 0.00000288. The number of likely N-dealkylation sites (tertiary alicyclic amines) is 1. The number of carbonyl (C=O) groups is 1. The topological polar surface area (TPSA) is 61.6 Å². The molecule has 1 aromatic carbocycles. The molecule has 136 valence electrons. The second kappa shape index (κ2) is 11.4. The van der Waals surface area contributed by atoms with Crippen LogP contribution in [-0.2, 0) is 11.3 Å². The quantitative estimate of drug-likeness (QED) is 0.739. The summed E-state index contributed by atoms with van der Waals surface area (Å²) in [6.07, 6.45) is 1.90. The van der Waals surface area contributed by atoms with Gasteiger partial charge in [0, 0.05) is 38.6 Å². The SMILES string of the molecule is CN(CCNC(=O)C1CCN(CCN)CC1)Cc1ccccc1.Cl. The maximum Gasteiger partial charge on any atom is 0.223 e. The summed E-state index contributed by atoms with van der Waals surface area (Å²) < 4.78 is 0. The van der Waals surface area contributed by atoms with Crippen molar-refractivity contribution >= 4 is 18.3 Å². The zero-order valence-electron chi connectivity index (χ0n) is 14.6. The molecule has 0 atom stereocenters. The van der Waals surface area contributed by atoms with E-state index in [9.17, 15) is 4.79 Å². The third-order valence-electron chi connectivity index (χ3n) is 4.49. The summed E-state index contributed by atoms with van der Waals surface area (Å²) >= 11 is 0. The monoisotopic (exact) mass is 354 g/mol. The molecule has 1 aromatic rings. The minimum absolute atomic E-state index is 0. The molecule has 0 aliphatic carbocycles. The number of carbonyl (C=O) groups excluding carboxylic acids is 1. The van der Waals surface area contributed by atoms with Gasteiger partial charge in [-0.2, -0.15) is 0 Å². The zero-order chi connectivity index (χ0) is 16.5. The van der Waals surface area contributed by atoms with Crippen molar-refractivity contribution < 1.29 is 4.79 Å². The predicted octanol–water partition coefficient (Wildman–Crippen LogP) is 1.33. The molecule has 0 aromatic heterocycles. The predicted molar refractivity (Wildman–Crippen MR) is 101 cm³/mol. The lowest BCUT2D eigenvalue weighted by molar-refractivity contribution is -0.126. The number of benzene rings is 1. The van der Waals surface area contributed by atoms with E-state index in [4.69, 9.17) is 5.73 Å². The highest BCUT2D eigenvalue weighted by Gasteiger charge is 2.24. The van der Waals surface area contributed by atoms with Gasteiger partial charge in [-0.1, -0.05) is 30.3 Å². The Hall–Kier alpha value is -1.14. The average molecular weight is 355 g/mol. The van der Waals surface area contributed by atoms with Gasteiger partial charge in [-0.3, -0.25) is 4.79 Å². The van der Waals surface area contributed by atoms with E-state index in [-0.39, 0.29) is 24.2 Å². The van der Waals surface area contributed by atoms with Gasteiger partial charge in [0.15, 0.2) is 0 Å². The van der Waals surface area contributed by atoms with E-state index in [0.29, 0.717) is 13.1 Å². The fourth-order valence-corrected chi connectivity index (χ4v) is 3.09.